The number of nitrogens with one attached hydrogen (secondary N) is 2. The van der Waals surface area contributed by atoms with E-state index in [-0.39, 0.29) is 0 Å². The molecule has 2 aliphatic rings. The molecule has 2 fully saturated rings. The average molecular weight is 356 g/mol. The summed E-state index contributed by atoms with van der Waals surface area (Å²) in [6.07, 6.45) is 2.47. The average Bonchev–Trinajstić information content (AvgIpc) is 2.66. The van der Waals surface area contributed by atoms with Crippen LogP contribution in [0.25, 0.3) is 0 Å². The number of hydrogen-bond donors (Lipinski definition) is 2. The van der Waals surface area contributed by atoms with Gasteiger partial charge in [-0.15, -0.1) is 0 Å². The third kappa shape index (κ3) is 8.35. The first-order chi connectivity index (χ1) is 12.3. The van der Waals surface area contributed by atoms with Gasteiger partial charge < -0.3 is 25.0 Å². The maximum absolute atomic E-state index is 5.39. The molecule has 0 spiro atoms. The lowest BCUT2D eigenvalue weighted by Gasteiger charge is -2.31. The first-order valence-electron chi connectivity index (χ1n) is 9.85. The van der Waals surface area contributed by atoms with Crippen LogP contribution in [0.15, 0.2) is 4.99 Å². The molecule has 0 aliphatic carbocycles. The Kier molecular flexibility index (Phi) is 10.2. The summed E-state index contributed by atoms with van der Waals surface area (Å²) >= 11 is 0. The molecule has 0 radical (unpaired) electrons. The van der Waals surface area contributed by atoms with Crippen LogP contribution in [-0.4, -0.2) is 102 Å². The maximum Gasteiger partial charge on any atom is 0.191 e. The lowest BCUT2D eigenvalue weighted by atomic mass is 9.97. The topological polar surface area (TPSA) is 61.4 Å². The molecular weight excluding hydrogens is 318 g/mol. The van der Waals surface area contributed by atoms with Crippen molar-refractivity contribution in [2.75, 3.05) is 85.8 Å². The SMILES string of the molecule is CCNC(=NCC1CCN(CCOC)CC1)NCCN1CCOCC1. The first kappa shape index (κ1) is 20.4. The molecule has 2 aliphatic heterocycles. The van der Waals surface area contributed by atoms with Gasteiger partial charge in [0.25, 0.3) is 0 Å². The van der Waals surface area contributed by atoms with Gasteiger partial charge in [0.05, 0.1) is 19.8 Å². The van der Waals surface area contributed by atoms with Crippen molar-refractivity contribution in [3.8, 4) is 0 Å². The fourth-order valence-corrected chi connectivity index (χ4v) is 3.33. The second-order valence-electron chi connectivity index (χ2n) is 6.88. The Morgan fingerprint density at radius 3 is 2.48 bits per heavy atom. The molecule has 0 saturated carbocycles. The number of piperidine rings is 1. The Hall–Kier alpha value is -0.890. The summed E-state index contributed by atoms with van der Waals surface area (Å²) in [4.78, 5) is 9.75. The third-order valence-electron chi connectivity index (χ3n) is 4.99. The van der Waals surface area contributed by atoms with Crippen molar-refractivity contribution < 1.29 is 9.47 Å². The molecule has 7 heteroatoms. The van der Waals surface area contributed by atoms with Crippen LogP contribution in [0, 0.1) is 5.92 Å². The maximum atomic E-state index is 5.39. The lowest BCUT2D eigenvalue weighted by molar-refractivity contribution is 0.0389. The van der Waals surface area contributed by atoms with E-state index in [1.807, 2.05) is 0 Å². The summed E-state index contributed by atoms with van der Waals surface area (Å²) in [7, 11) is 1.77. The zero-order valence-electron chi connectivity index (χ0n) is 16.1. The number of rotatable bonds is 9. The highest BCUT2D eigenvalue weighted by Gasteiger charge is 2.18. The van der Waals surface area contributed by atoms with Gasteiger partial charge in [0.15, 0.2) is 5.96 Å². The Morgan fingerprint density at radius 2 is 1.80 bits per heavy atom. The molecule has 0 aromatic carbocycles. The predicted molar refractivity (Wildman–Crippen MR) is 102 cm³/mol. The number of ether oxygens (including phenoxy) is 2. The number of methoxy groups -OCH3 is 1. The molecule has 0 bridgehead atoms. The molecule has 146 valence electrons. The minimum Gasteiger partial charge on any atom is -0.383 e. The van der Waals surface area contributed by atoms with Gasteiger partial charge in [0.2, 0.25) is 0 Å². The highest BCUT2D eigenvalue weighted by atomic mass is 16.5. The van der Waals surface area contributed by atoms with Crippen molar-refractivity contribution >= 4 is 5.96 Å². The molecule has 2 rings (SSSR count). The van der Waals surface area contributed by atoms with Gasteiger partial charge in [0.1, 0.15) is 0 Å². The van der Waals surface area contributed by atoms with Gasteiger partial charge in [-0.05, 0) is 38.8 Å². The number of aliphatic imine (C=N–C) groups is 1. The van der Waals surface area contributed by atoms with Gasteiger partial charge in [-0.3, -0.25) is 9.89 Å². The first-order valence-corrected chi connectivity index (χ1v) is 9.85. The van der Waals surface area contributed by atoms with E-state index in [4.69, 9.17) is 14.5 Å². The van der Waals surface area contributed by atoms with Crippen LogP contribution in [0.1, 0.15) is 19.8 Å². The van der Waals surface area contributed by atoms with Crippen LogP contribution in [0.2, 0.25) is 0 Å². The Bertz CT molecular complexity index is 366. The summed E-state index contributed by atoms with van der Waals surface area (Å²) in [6, 6.07) is 0. The molecule has 25 heavy (non-hydrogen) atoms. The van der Waals surface area contributed by atoms with E-state index in [0.29, 0.717) is 5.92 Å². The molecular formula is C18H37N5O2. The van der Waals surface area contributed by atoms with Crippen molar-refractivity contribution in [1.82, 2.24) is 20.4 Å². The molecule has 0 unspecified atom stereocenters. The quantitative estimate of drug-likeness (QED) is 0.456. The van der Waals surface area contributed by atoms with Crippen molar-refractivity contribution in [1.29, 1.82) is 0 Å². The highest BCUT2D eigenvalue weighted by Crippen LogP contribution is 2.17. The number of hydrogen-bond acceptors (Lipinski definition) is 5. The zero-order valence-corrected chi connectivity index (χ0v) is 16.1. The molecule has 2 saturated heterocycles. The molecule has 0 atom stereocenters. The summed E-state index contributed by atoms with van der Waals surface area (Å²) in [6.45, 7) is 13.9. The van der Waals surface area contributed by atoms with Crippen molar-refractivity contribution in [2.24, 2.45) is 10.9 Å². The van der Waals surface area contributed by atoms with Crippen molar-refractivity contribution in [3.05, 3.63) is 0 Å². The second kappa shape index (κ2) is 12.5. The summed E-state index contributed by atoms with van der Waals surface area (Å²) < 4.78 is 10.6. The molecule has 0 aromatic heterocycles. The number of likely N-dealkylation sites (tertiary alicyclic amines) is 1. The minimum absolute atomic E-state index is 0.702. The molecule has 2 N–H and O–H groups in total. The van der Waals surface area contributed by atoms with E-state index in [2.05, 4.69) is 27.4 Å². The summed E-state index contributed by atoms with van der Waals surface area (Å²) in [5, 5.41) is 6.84. The minimum atomic E-state index is 0.702. The fourth-order valence-electron chi connectivity index (χ4n) is 3.33. The molecule has 7 nitrogen and oxygen atoms in total. The number of morpholine rings is 1. The molecule has 0 aromatic rings. The predicted octanol–water partition coefficient (Wildman–Crippen LogP) is 0.232. The van der Waals surface area contributed by atoms with Gasteiger partial charge in [-0.2, -0.15) is 0 Å². The van der Waals surface area contributed by atoms with Crippen LogP contribution in [0.5, 0.6) is 0 Å². The van der Waals surface area contributed by atoms with Crippen LogP contribution in [-0.2, 0) is 9.47 Å². The van der Waals surface area contributed by atoms with Crippen LogP contribution in [0.4, 0.5) is 0 Å². The third-order valence-corrected chi connectivity index (χ3v) is 4.99. The summed E-state index contributed by atoms with van der Waals surface area (Å²) in [5.41, 5.74) is 0. The van der Waals surface area contributed by atoms with E-state index in [9.17, 15) is 0 Å². The van der Waals surface area contributed by atoms with E-state index < -0.39 is 0 Å². The van der Waals surface area contributed by atoms with E-state index in [1.165, 1.54) is 25.9 Å². The monoisotopic (exact) mass is 355 g/mol. The lowest BCUT2D eigenvalue weighted by Crippen LogP contribution is -2.44. The Balaban J connectivity index is 1.64. The van der Waals surface area contributed by atoms with Crippen LogP contribution >= 0.6 is 0 Å². The Morgan fingerprint density at radius 1 is 1.08 bits per heavy atom. The van der Waals surface area contributed by atoms with Gasteiger partial charge in [-0.1, -0.05) is 0 Å². The second-order valence-corrected chi connectivity index (χ2v) is 6.88. The zero-order chi connectivity index (χ0) is 17.7. The van der Waals surface area contributed by atoms with E-state index in [1.54, 1.807) is 7.11 Å². The van der Waals surface area contributed by atoms with Gasteiger partial charge in [0, 0.05) is 52.9 Å². The van der Waals surface area contributed by atoms with Crippen LogP contribution < -0.4 is 10.6 Å². The van der Waals surface area contributed by atoms with Gasteiger partial charge in [-0.25, -0.2) is 0 Å². The van der Waals surface area contributed by atoms with E-state index in [0.717, 1.165) is 71.6 Å². The number of guanidine groups is 1. The molecule has 2 heterocycles. The normalized spacial score (nSPS) is 21.4. The van der Waals surface area contributed by atoms with Crippen LogP contribution in [0.3, 0.4) is 0 Å². The molecule has 0 amide bonds. The smallest absolute Gasteiger partial charge is 0.191 e. The van der Waals surface area contributed by atoms with Crippen molar-refractivity contribution in [3.63, 3.8) is 0 Å². The Labute approximate surface area is 153 Å². The fraction of sp³-hybridized carbons (Fsp3) is 0.944. The highest BCUT2D eigenvalue weighted by molar-refractivity contribution is 5.79. The largest absolute Gasteiger partial charge is 0.383 e. The van der Waals surface area contributed by atoms with Crippen molar-refractivity contribution in [2.45, 2.75) is 19.8 Å². The van der Waals surface area contributed by atoms with E-state index >= 15 is 0 Å². The van der Waals surface area contributed by atoms with Gasteiger partial charge >= 0.3 is 0 Å². The summed E-state index contributed by atoms with van der Waals surface area (Å²) in [5.74, 6) is 1.66. The number of nitrogens with zero attached hydrogens (tertiary/aromatic N) is 3. The standard InChI is InChI=1S/C18H37N5O2/c1-3-19-18(20-6-9-23-11-14-25-15-12-23)21-16-17-4-7-22(8-5-17)10-13-24-2/h17H,3-16H2,1-2H3,(H2,19,20,21).